The van der Waals surface area contributed by atoms with Crippen LogP contribution in [0.2, 0.25) is 0 Å². The molecule has 23 heavy (non-hydrogen) atoms. The number of aliphatic hydroxyl groups excluding tert-OH is 1. The van der Waals surface area contributed by atoms with E-state index in [1.807, 2.05) is 54.6 Å². The van der Waals surface area contributed by atoms with Gasteiger partial charge in [-0.15, -0.1) is 0 Å². The molecular weight excluding hydrogens is 294 g/mol. The molecule has 0 aliphatic rings. The van der Waals surface area contributed by atoms with E-state index in [0.717, 1.165) is 16.9 Å². The highest BCUT2D eigenvalue weighted by Gasteiger charge is 2.13. The van der Waals surface area contributed by atoms with Gasteiger partial charge in [0.25, 0.3) is 0 Å². The Balaban J connectivity index is 1.64. The van der Waals surface area contributed by atoms with Crippen LogP contribution in [0.3, 0.4) is 0 Å². The van der Waals surface area contributed by atoms with E-state index in [2.05, 4.69) is 4.98 Å². The zero-order chi connectivity index (χ0) is 16.1. The highest BCUT2D eigenvalue weighted by molar-refractivity contribution is 5.29. The molecule has 5 heteroatoms. The molecule has 3 rings (SSSR count). The fourth-order valence-corrected chi connectivity index (χ4v) is 2.29. The summed E-state index contributed by atoms with van der Waals surface area (Å²) in [6, 6.07) is 17.4. The number of rotatable bonds is 6. The van der Waals surface area contributed by atoms with Crippen LogP contribution >= 0.6 is 0 Å². The molecule has 0 saturated heterocycles. The summed E-state index contributed by atoms with van der Waals surface area (Å²) in [6.45, 7) is 0.486. The lowest BCUT2D eigenvalue weighted by atomic mass is 10.1. The summed E-state index contributed by atoms with van der Waals surface area (Å²) in [4.78, 5) is 13.3. The Morgan fingerprint density at radius 3 is 2.61 bits per heavy atom. The van der Waals surface area contributed by atoms with Crippen molar-refractivity contribution in [1.82, 2.24) is 4.98 Å². The average Bonchev–Trinajstić information content (AvgIpc) is 3.01. The Kier molecular flexibility index (Phi) is 4.59. The third-order valence-corrected chi connectivity index (χ3v) is 3.45. The third kappa shape index (κ3) is 4.11. The Labute approximate surface area is 133 Å². The molecule has 2 N–H and O–H groups in total. The van der Waals surface area contributed by atoms with Gasteiger partial charge in [0.05, 0.1) is 0 Å². The summed E-state index contributed by atoms with van der Waals surface area (Å²) in [5.41, 5.74) is 1.99. The van der Waals surface area contributed by atoms with E-state index in [1.165, 1.54) is 6.20 Å². The van der Waals surface area contributed by atoms with E-state index in [4.69, 9.17) is 9.15 Å². The number of nitrogens with one attached hydrogen (secondary N) is 1. The molecule has 1 heterocycles. The molecule has 0 aliphatic carbocycles. The van der Waals surface area contributed by atoms with Crippen molar-refractivity contribution < 1.29 is 14.3 Å². The van der Waals surface area contributed by atoms with Gasteiger partial charge in [0.15, 0.2) is 5.76 Å². The van der Waals surface area contributed by atoms with E-state index < -0.39 is 11.9 Å². The van der Waals surface area contributed by atoms with Crippen molar-refractivity contribution in [2.45, 2.75) is 19.1 Å². The van der Waals surface area contributed by atoms with Crippen molar-refractivity contribution in [3.63, 3.8) is 0 Å². The molecule has 1 aromatic heterocycles. The van der Waals surface area contributed by atoms with Gasteiger partial charge in [0, 0.05) is 12.6 Å². The molecule has 0 fully saturated rings. The first-order valence-corrected chi connectivity index (χ1v) is 7.33. The van der Waals surface area contributed by atoms with Gasteiger partial charge in [-0.1, -0.05) is 42.5 Å². The highest BCUT2D eigenvalue weighted by Crippen LogP contribution is 2.21. The summed E-state index contributed by atoms with van der Waals surface area (Å²) in [6.07, 6.45) is 0.838. The monoisotopic (exact) mass is 311 g/mol. The van der Waals surface area contributed by atoms with E-state index in [0.29, 0.717) is 13.0 Å². The number of oxazole rings is 1. The molecular formula is C18H17NO4. The summed E-state index contributed by atoms with van der Waals surface area (Å²) >= 11 is 0. The van der Waals surface area contributed by atoms with E-state index >= 15 is 0 Å². The minimum atomic E-state index is -0.877. The summed E-state index contributed by atoms with van der Waals surface area (Å²) < 4.78 is 10.6. The van der Waals surface area contributed by atoms with Crippen LogP contribution in [-0.4, -0.2) is 10.1 Å². The second-order valence-corrected chi connectivity index (χ2v) is 5.22. The Morgan fingerprint density at radius 2 is 1.87 bits per heavy atom. The van der Waals surface area contributed by atoms with Crippen molar-refractivity contribution in [2.24, 2.45) is 0 Å². The summed E-state index contributed by atoms with van der Waals surface area (Å²) in [5, 5.41) is 10.1. The van der Waals surface area contributed by atoms with Gasteiger partial charge in [-0.3, -0.25) is 4.98 Å². The number of hydrogen-bond donors (Lipinski definition) is 2. The molecule has 0 aliphatic heterocycles. The lowest BCUT2D eigenvalue weighted by molar-refractivity contribution is 0.148. The molecule has 1 unspecified atom stereocenters. The number of ether oxygens (including phenoxy) is 1. The summed E-state index contributed by atoms with van der Waals surface area (Å²) in [5.74, 6) is 0.388. The van der Waals surface area contributed by atoms with Crippen LogP contribution in [0.5, 0.6) is 5.75 Å². The first kappa shape index (κ1) is 15.1. The van der Waals surface area contributed by atoms with Crippen LogP contribution < -0.4 is 10.5 Å². The first-order chi connectivity index (χ1) is 11.2. The van der Waals surface area contributed by atoms with Crippen LogP contribution in [0.4, 0.5) is 0 Å². The second-order valence-electron chi connectivity index (χ2n) is 5.22. The van der Waals surface area contributed by atoms with Gasteiger partial charge in [0.2, 0.25) is 0 Å². The normalized spacial score (nSPS) is 12.0. The number of aromatic nitrogens is 1. The number of H-pyrrole nitrogens is 1. The molecule has 0 bridgehead atoms. The topological polar surface area (TPSA) is 75.5 Å². The zero-order valence-corrected chi connectivity index (χ0v) is 12.4. The largest absolute Gasteiger partial charge is 0.489 e. The van der Waals surface area contributed by atoms with Crippen LogP contribution in [-0.2, 0) is 13.0 Å². The molecule has 0 spiro atoms. The fourth-order valence-electron chi connectivity index (χ4n) is 2.29. The maximum absolute atomic E-state index is 11.0. The lowest BCUT2D eigenvalue weighted by Crippen LogP contribution is -2.02. The molecule has 0 amide bonds. The van der Waals surface area contributed by atoms with Crippen LogP contribution in [0.25, 0.3) is 0 Å². The lowest BCUT2D eigenvalue weighted by Gasteiger charge is -2.10. The molecule has 2 aromatic carbocycles. The number of hydrogen-bond acceptors (Lipinski definition) is 4. The van der Waals surface area contributed by atoms with Crippen molar-refractivity contribution >= 4 is 0 Å². The molecule has 5 nitrogen and oxygen atoms in total. The van der Waals surface area contributed by atoms with E-state index in [1.54, 1.807) is 0 Å². The van der Waals surface area contributed by atoms with Crippen LogP contribution in [0.1, 0.15) is 23.0 Å². The quantitative estimate of drug-likeness (QED) is 0.734. The predicted molar refractivity (Wildman–Crippen MR) is 85.2 cm³/mol. The minimum Gasteiger partial charge on any atom is -0.489 e. The maximum Gasteiger partial charge on any atom is 0.416 e. The van der Waals surface area contributed by atoms with E-state index in [-0.39, 0.29) is 5.76 Å². The van der Waals surface area contributed by atoms with Gasteiger partial charge in [-0.2, -0.15) is 0 Å². The van der Waals surface area contributed by atoms with Crippen molar-refractivity contribution in [2.75, 3.05) is 0 Å². The third-order valence-electron chi connectivity index (χ3n) is 3.45. The Hall–Kier alpha value is -2.79. The SMILES string of the molecule is O=c1[nH]cc(C(O)Cc2cccc(OCc3ccccc3)c2)o1. The van der Waals surface area contributed by atoms with Gasteiger partial charge < -0.3 is 14.3 Å². The molecule has 0 radical (unpaired) electrons. The number of benzene rings is 2. The van der Waals surface area contributed by atoms with Gasteiger partial charge in [-0.25, -0.2) is 4.79 Å². The smallest absolute Gasteiger partial charge is 0.416 e. The number of aromatic amines is 1. The molecule has 0 saturated carbocycles. The second kappa shape index (κ2) is 6.98. The maximum atomic E-state index is 11.0. The highest BCUT2D eigenvalue weighted by atomic mass is 16.5. The van der Waals surface area contributed by atoms with Crippen molar-refractivity contribution in [3.05, 3.63) is 88.2 Å². The fraction of sp³-hybridized carbons (Fsp3) is 0.167. The van der Waals surface area contributed by atoms with E-state index in [9.17, 15) is 9.90 Å². The van der Waals surface area contributed by atoms with Crippen LogP contribution in [0, 0.1) is 0 Å². The predicted octanol–water partition coefficient (Wildman–Crippen LogP) is 2.82. The standard InChI is InChI=1S/C18H17NO4/c20-16(17-11-19-18(21)23-17)10-14-7-4-8-15(9-14)22-12-13-5-2-1-3-6-13/h1-9,11,16,20H,10,12H2,(H,19,21). The van der Waals surface area contributed by atoms with Gasteiger partial charge in [-0.05, 0) is 23.3 Å². The average molecular weight is 311 g/mol. The zero-order valence-electron chi connectivity index (χ0n) is 12.4. The molecule has 1 atom stereocenters. The molecule has 118 valence electrons. The number of aliphatic hydroxyl groups is 1. The van der Waals surface area contributed by atoms with Crippen molar-refractivity contribution in [3.8, 4) is 5.75 Å². The summed E-state index contributed by atoms with van der Waals surface area (Å²) in [7, 11) is 0. The van der Waals surface area contributed by atoms with Gasteiger partial charge in [0.1, 0.15) is 18.5 Å². The Bertz CT molecular complexity index is 807. The molecule has 3 aromatic rings. The minimum absolute atomic E-state index is 0.227. The van der Waals surface area contributed by atoms with Gasteiger partial charge >= 0.3 is 5.76 Å². The van der Waals surface area contributed by atoms with Crippen molar-refractivity contribution in [1.29, 1.82) is 0 Å². The van der Waals surface area contributed by atoms with Crippen LogP contribution in [0.15, 0.2) is 70.0 Å². The first-order valence-electron chi connectivity index (χ1n) is 7.33. The Morgan fingerprint density at radius 1 is 1.09 bits per heavy atom.